The van der Waals surface area contributed by atoms with Gasteiger partial charge >= 0.3 is 6.18 Å². The molecule has 0 spiro atoms. The summed E-state index contributed by atoms with van der Waals surface area (Å²) in [4.78, 5) is 18.7. The Hall–Kier alpha value is -2.37. The number of aryl methyl sites for hydroxylation is 1. The number of amides is 1. The first-order chi connectivity index (χ1) is 12.4. The Balaban J connectivity index is 1.83. The molecule has 1 atom stereocenters. The topological polar surface area (TPSA) is 33.2 Å². The van der Waals surface area contributed by atoms with Crippen molar-refractivity contribution < 1.29 is 18.0 Å². The second-order valence-electron chi connectivity index (χ2n) is 6.56. The number of halogens is 3. The summed E-state index contributed by atoms with van der Waals surface area (Å²) in [6.07, 6.45) is -0.721. The smallest absolute Gasteiger partial charge is 0.338 e. The molecule has 0 radical (unpaired) electrons. The Morgan fingerprint density at radius 2 is 2.04 bits per heavy atom. The second kappa shape index (κ2) is 7.48. The van der Waals surface area contributed by atoms with Crippen LogP contribution in [0.25, 0.3) is 0 Å². The van der Waals surface area contributed by atoms with Gasteiger partial charge in [0.2, 0.25) is 0 Å². The van der Waals surface area contributed by atoms with E-state index in [0.29, 0.717) is 31.5 Å². The van der Waals surface area contributed by atoms with E-state index in [9.17, 15) is 18.0 Å². The number of piperidine rings is 1. The van der Waals surface area contributed by atoms with E-state index in [2.05, 4.69) is 4.98 Å². The third-order valence-corrected chi connectivity index (χ3v) is 4.84. The molecular formula is C20H21F3N2O. The Kier molecular flexibility index (Phi) is 5.30. The van der Waals surface area contributed by atoms with E-state index in [1.165, 1.54) is 12.1 Å². The average Bonchev–Trinajstić information content (AvgIpc) is 2.67. The summed E-state index contributed by atoms with van der Waals surface area (Å²) < 4.78 is 40.0. The van der Waals surface area contributed by atoms with Crippen molar-refractivity contribution >= 4 is 5.91 Å². The Bertz CT molecular complexity index is 789. The molecule has 0 unspecified atom stereocenters. The largest absolute Gasteiger partial charge is 0.416 e. The Labute approximate surface area is 150 Å². The molecule has 1 saturated heterocycles. The molecule has 0 saturated carbocycles. The predicted octanol–water partition coefficient (Wildman–Crippen LogP) is 4.68. The molecule has 0 aliphatic carbocycles. The van der Waals surface area contributed by atoms with Crippen LogP contribution in [-0.2, 0) is 12.6 Å². The number of benzene rings is 1. The molecule has 1 aliphatic rings. The number of hydrogen-bond acceptors (Lipinski definition) is 2. The van der Waals surface area contributed by atoms with E-state index in [-0.39, 0.29) is 17.4 Å². The molecule has 0 N–H and O–H groups in total. The summed E-state index contributed by atoms with van der Waals surface area (Å²) >= 11 is 0. The van der Waals surface area contributed by atoms with Crippen LogP contribution in [0.1, 0.15) is 52.9 Å². The number of hydrogen-bond donors (Lipinski definition) is 0. The maximum absolute atomic E-state index is 13.3. The van der Waals surface area contributed by atoms with Crippen molar-refractivity contribution in [3.8, 4) is 0 Å². The minimum Gasteiger partial charge on any atom is -0.338 e. The fraction of sp³-hybridized carbons (Fsp3) is 0.400. The highest BCUT2D eigenvalue weighted by atomic mass is 19.4. The SMILES string of the molecule is CCc1cc(C(=O)N2CCC[C@@H](c3ccccc3C(F)(F)F)C2)ccn1. The van der Waals surface area contributed by atoms with Gasteiger partial charge in [0.25, 0.3) is 5.91 Å². The maximum atomic E-state index is 13.3. The summed E-state index contributed by atoms with van der Waals surface area (Å²) in [6, 6.07) is 9.10. The number of alkyl halides is 3. The molecule has 0 bridgehead atoms. The highest BCUT2D eigenvalue weighted by Crippen LogP contribution is 2.38. The molecule has 3 rings (SSSR count). The lowest BCUT2D eigenvalue weighted by Crippen LogP contribution is -2.39. The van der Waals surface area contributed by atoms with Crippen molar-refractivity contribution in [2.24, 2.45) is 0 Å². The van der Waals surface area contributed by atoms with Crippen LogP contribution in [-0.4, -0.2) is 28.9 Å². The van der Waals surface area contributed by atoms with E-state index in [1.807, 2.05) is 6.92 Å². The quantitative estimate of drug-likeness (QED) is 0.794. The molecule has 1 aliphatic heterocycles. The molecule has 1 aromatic heterocycles. The summed E-state index contributed by atoms with van der Waals surface area (Å²) in [5.74, 6) is -0.450. The first-order valence-electron chi connectivity index (χ1n) is 8.80. The molecular weight excluding hydrogens is 341 g/mol. The van der Waals surface area contributed by atoms with Gasteiger partial charge in [0.1, 0.15) is 0 Å². The van der Waals surface area contributed by atoms with Crippen LogP contribution in [0.2, 0.25) is 0 Å². The zero-order valence-electron chi connectivity index (χ0n) is 14.6. The minimum absolute atomic E-state index is 0.142. The molecule has 1 aromatic carbocycles. The van der Waals surface area contributed by atoms with Crippen LogP contribution < -0.4 is 0 Å². The van der Waals surface area contributed by atoms with Crippen molar-refractivity contribution in [3.63, 3.8) is 0 Å². The fourth-order valence-corrected chi connectivity index (χ4v) is 3.51. The van der Waals surface area contributed by atoms with Gasteiger partial charge in [-0.25, -0.2) is 0 Å². The average molecular weight is 362 g/mol. The van der Waals surface area contributed by atoms with Gasteiger partial charge in [-0.15, -0.1) is 0 Å². The third kappa shape index (κ3) is 3.89. The van der Waals surface area contributed by atoms with E-state index in [1.54, 1.807) is 29.3 Å². The molecule has 2 heterocycles. The molecule has 1 fully saturated rings. The van der Waals surface area contributed by atoms with E-state index >= 15 is 0 Å². The van der Waals surface area contributed by atoms with Gasteiger partial charge in [0.15, 0.2) is 0 Å². The summed E-state index contributed by atoms with van der Waals surface area (Å²) in [5, 5.41) is 0. The summed E-state index contributed by atoms with van der Waals surface area (Å²) in [6.45, 7) is 2.82. The van der Waals surface area contributed by atoms with Gasteiger partial charge in [-0.05, 0) is 43.0 Å². The van der Waals surface area contributed by atoms with E-state index in [4.69, 9.17) is 0 Å². The lowest BCUT2D eigenvalue weighted by atomic mass is 9.87. The fourth-order valence-electron chi connectivity index (χ4n) is 3.51. The van der Waals surface area contributed by atoms with Crippen LogP contribution in [0, 0.1) is 0 Å². The molecule has 138 valence electrons. The predicted molar refractivity (Wildman–Crippen MR) is 92.9 cm³/mol. The van der Waals surface area contributed by atoms with Crippen molar-refractivity contribution in [2.45, 2.75) is 38.3 Å². The first-order valence-corrected chi connectivity index (χ1v) is 8.80. The van der Waals surface area contributed by atoms with E-state index < -0.39 is 11.7 Å². The van der Waals surface area contributed by atoms with Crippen molar-refractivity contribution in [3.05, 3.63) is 65.0 Å². The number of rotatable bonds is 3. The monoisotopic (exact) mass is 362 g/mol. The summed E-state index contributed by atoms with van der Waals surface area (Å²) in [5.41, 5.74) is 1.05. The number of likely N-dealkylation sites (tertiary alicyclic amines) is 1. The zero-order chi connectivity index (χ0) is 18.7. The van der Waals surface area contributed by atoms with Gasteiger partial charge in [-0.2, -0.15) is 13.2 Å². The standard InChI is InChI=1S/C20H21F3N2O/c1-2-16-12-14(9-10-24-16)19(26)25-11-5-6-15(13-25)17-7-3-4-8-18(17)20(21,22)23/h3-4,7-10,12,15H,2,5-6,11,13H2,1H3/t15-/m1/s1. The Morgan fingerprint density at radius 1 is 1.27 bits per heavy atom. The second-order valence-corrected chi connectivity index (χ2v) is 6.56. The summed E-state index contributed by atoms with van der Waals surface area (Å²) in [7, 11) is 0. The highest BCUT2D eigenvalue weighted by Gasteiger charge is 2.36. The molecule has 6 heteroatoms. The van der Waals surface area contributed by atoms with Gasteiger partial charge in [0.05, 0.1) is 5.56 Å². The van der Waals surface area contributed by atoms with Crippen molar-refractivity contribution in [1.29, 1.82) is 0 Å². The maximum Gasteiger partial charge on any atom is 0.416 e. The lowest BCUT2D eigenvalue weighted by molar-refractivity contribution is -0.138. The first kappa shape index (κ1) is 18.4. The van der Waals surface area contributed by atoms with Crippen LogP contribution in [0.15, 0.2) is 42.6 Å². The third-order valence-electron chi connectivity index (χ3n) is 4.84. The highest BCUT2D eigenvalue weighted by molar-refractivity contribution is 5.94. The number of carbonyl (C=O) groups is 1. The number of aromatic nitrogens is 1. The normalized spacial score (nSPS) is 18.0. The minimum atomic E-state index is -4.38. The molecule has 2 aromatic rings. The molecule has 3 nitrogen and oxygen atoms in total. The lowest BCUT2D eigenvalue weighted by Gasteiger charge is -2.34. The van der Waals surface area contributed by atoms with Crippen LogP contribution >= 0.6 is 0 Å². The van der Waals surface area contributed by atoms with Gasteiger partial charge < -0.3 is 4.90 Å². The Morgan fingerprint density at radius 3 is 2.77 bits per heavy atom. The van der Waals surface area contributed by atoms with Gasteiger partial charge in [0, 0.05) is 36.5 Å². The van der Waals surface area contributed by atoms with Gasteiger partial charge in [-0.1, -0.05) is 25.1 Å². The van der Waals surface area contributed by atoms with Crippen LogP contribution in [0.3, 0.4) is 0 Å². The van der Waals surface area contributed by atoms with Crippen molar-refractivity contribution in [2.75, 3.05) is 13.1 Å². The van der Waals surface area contributed by atoms with Gasteiger partial charge in [-0.3, -0.25) is 9.78 Å². The number of pyridine rings is 1. The zero-order valence-corrected chi connectivity index (χ0v) is 14.6. The molecule has 1 amide bonds. The van der Waals surface area contributed by atoms with Crippen LogP contribution in [0.4, 0.5) is 13.2 Å². The molecule has 26 heavy (non-hydrogen) atoms. The number of carbonyl (C=O) groups excluding carboxylic acids is 1. The van der Waals surface area contributed by atoms with Crippen LogP contribution in [0.5, 0.6) is 0 Å². The van der Waals surface area contributed by atoms with E-state index in [0.717, 1.165) is 18.2 Å². The van der Waals surface area contributed by atoms with Crippen molar-refractivity contribution in [1.82, 2.24) is 9.88 Å². The number of nitrogens with zero attached hydrogens (tertiary/aromatic N) is 2.